The van der Waals surface area contributed by atoms with Crippen LogP contribution in [0.2, 0.25) is 5.02 Å². The zero-order valence-electron chi connectivity index (χ0n) is 18.5. The molecule has 0 radical (unpaired) electrons. The summed E-state index contributed by atoms with van der Waals surface area (Å²) in [5, 5.41) is 0.680. The van der Waals surface area contributed by atoms with E-state index in [4.69, 9.17) is 16.3 Å². The number of halogens is 1. The number of benzene rings is 1. The summed E-state index contributed by atoms with van der Waals surface area (Å²) < 4.78 is 5.74. The second kappa shape index (κ2) is 9.13. The van der Waals surface area contributed by atoms with Gasteiger partial charge in [-0.15, -0.1) is 0 Å². The molecule has 3 nitrogen and oxygen atoms in total. The van der Waals surface area contributed by atoms with Crippen molar-refractivity contribution in [2.45, 2.75) is 73.3 Å². The summed E-state index contributed by atoms with van der Waals surface area (Å²) in [5.41, 5.74) is 6.24. The third kappa shape index (κ3) is 5.08. The molecule has 0 atom stereocenters. The lowest BCUT2D eigenvalue weighted by Gasteiger charge is -2.18. The van der Waals surface area contributed by atoms with Crippen LogP contribution in [0.3, 0.4) is 0 Å². The van der Waals surface area contributed by atoms with Crippen molar-refractivity contribution in [2.75, 3.05) is 0 Å². The zero-order valence-corrected chi connectivity index (χ0v) is 19.3. The van der Waals surface area contributed by atoms with Crippen molar-refractivity contribution in [2.24, 2.45) is 0 Å². The molecule has 0 N–H and O–H groups in total. The number of carbonyl (C=O) groups excluding carboxylic acids is 2. The highest BCUT2D eigenvalue weighted by Gasteiger charge is 2.35. The van der Waals surface area contributed by atoms with Crippen LogP contribution in [0.25, 0.3) is 0 Å². The zero-order chi connectivity index (χ0) is 21.9. The average molecular weight is 415 g/mol. The summed E-state index contributed by atoms with van der Waals surface area (Å²) in [7, 11) is 0. The fraction of sp³-hybridized carbons (Fsp3) is 0.440. The highest BCUT2D eigenvalue weighted by molar-refractivity contribution is 6.32. The average Bonchev–Trinajstić information content (AvgIpc) is 2.93. The number of allylic oxidation sites excluding steroid dienone is 4. The van der Waals surface area contributed by atoms with Crippen LogP contribution >= 0.6 is 11.6 Å². The molecule has 0 fully saturated rings. The van der Waals surface area contributed by atoms with Gasteiger partial charge in [0, 0.05) is 16.7 Å². The predicted molar refractivity (Wildman–Crippen MR) is 120 cm³/mol. The molecule has 1 heterocycles. The summed E-state index contributed by atoms with van der Waals surface area (Å²) in [6, 6.07) is 0. The molecule has 0 spiro atoms. The van der Waals surface area contributed by atoms with Gasteiger partial charge in [-0.05, 0) is 95.6 Å². The van der Waals surface area contributed by atoms with E-state index in [0.717, 1.165) is 53.4 Å². The lowest BCUT2D eigenvalue weighted by atomic mass is 9.91. The standard InChI is InChI=1S/C25H31ClO3/c1-15(9-8-10-16(2)22-13-23(28)25(6,7)29-22)11-12-20-17(3)21(14-27)19(5)24(26)18(20)4/h10-11,13-14H,8-9,12H2,1-7H3/b15-11+,16-10+. The Balaban J connectivity index is 2.05. The summed E-state index contributed by atoms with van der Waals surface area (Å²) in [6.45, 7) is 13.6. The topological polar surface area (TPSA) is 43.4 Å². The van der Waals surface area contributed by atoms with E-state index < -0.39 is 5.60 Å². The van der Waals surface area contributed by atoms with Crippen molar-refractivity contribution >= 4 is 23.7 Å². The molecule has 0 saturated carbocycles. The van der Waals surface area contributed by atoms with E-state index in [1.54, 1.807) is 19.9 Å². The molecule has 0 amide bonds. The van der Waals surface area contributed by atoms with Gasteiger partial charge in [-0.1, -0.05) is 29.3 Å². The van der Waals surface area contributed by atoms with Gasteiger partial charge < -0.3 is 4.74 Å². The third-order valence-corrected chi connectivity index (χ3v) is 6.31. The largest absolute Gasteiger partial charge is 0.479 e. The van der Waals surface area contributed by atoms with Gasteiger partial charge in [0.2, 0.25) is 5.78 Å². The number of hydrogen-bond donors (Lipinski definition) is 0. The fourth-order valence-corrected chi connectivity index (χ4v) is 3.79. The predicted octanol–water partition coefficient (Wildman–Crippen LogP) is 6.55. The molecule has 4 heteroatoms. The van der Waals surface area contributed by atoms with E-state index >= 15 is 0 Å². The molecule has 0 bridgehead atoms. The third-order valence-electron chi connectivity index (χ3n) is 5.74. The minimum absolute atomic E-state index is 0.00789. The number of aldehydes is 1. The fourth-order valence-electron chi connectivity index (χ4n) is 3.58. The molecule has 2 rings (SSSR count). The maximum Gasteiger partial charge on any atom is 0.202 e. The lowest BCUT2D eigenvalue weighted by molar-refractivity contribution is -0.126. The van der Waals surface area contributed by atoms with Gasteiger partial charge >= 0.3 is 0 Å². The van der Waals surface area contributed by atoms with Crippen LogP contribution in [-0.4, -0.2) is 17.7 Å². The van der Waals surface area contributed by atoms with Gasteiger partial charge in [-0.25, -0.2) is 0 Å². The van der Waals surface area contributed by atoms with Crippen LogP contribution in [0.15, 0.2) is 35.1 Å². The van der Waals surface area contributed by atoms with E-state index in [1.165, 1.54) is 5.57 Å². The van der Waals surface area contributed by atoms with E-state index in [0.29, 0.717) is 16.3 Å². The molecule has 1 aliphatic rings. The molecule has 1 aromatic carbocycles. The van der Waals surface area contributed by atoms with Crippen LogP contribution < -0.4 is 0 Å². The van der Waals surface area contributed by atoms with Gasteiger partial charge in [-0.3, -0.25) is 9.59 Å². The number of hydrogen-bond acceptors (Lipinski definition) is 3. The number of carbonyl (C=O) groups is 2. The molecule has 156 valence electrons. The van der Waals surface area contributed by atoms with E-state index in [9.17, 15) is 9.59 Å². The second-order valence-corrected chi connectivity index (χ2v) is 8.74. The van der Waals surface area contributed by atoms with Gasteiger partial charge in [0.05, 0.1) is 0 Å². The first kappa shape index (κ1) is 23.2. The Hall–Kier alpha value is -2.13. The summed E-state index contributed by atoms with van der Waals surface area (Å²) in [6.07, 6.45) is 9.35. The summed E-state index contributed by atoms with van der Waals surface area (Å²) in [4.78, 5) is 23.3. The maximum atomic E-state index is 11.9. The highest BCUT2D eigenvalue weighted by Crippen LogP contribution is 2.31. The Morgan fingerprint density at radius 3 is 2.31 bits per heavy atom. The van der Waals surface area contributed by atoms with Crippen molar-refractivity contribution in [3.05, 3.63) is 68.0 Å². The highest BCUT2D eigenvalue weighted by atomic mass is 35.5. The molecular formula is C25H31ClO3. The first-order valence-electron chi connectivity index (χ1n) is 10.0. The number of ketones is 1. The Bertz CT molecular complexity index is 930. The van der Waals surface area contributed by atoms with E-state index in [2.05, 4.69) is 19.1 Å². The minimum Gasteiger partial charge on any atom is -0.479 e. The lowest BCUT2D eigenvalue weighted by Crippen LogP contribution is -2.27. The number of ether oxygens (including phenoxy) is 1. The minimum atomic E-state index is -0.758. The van der Waals surface area contributed by atoms with Gasteiger partial charge in [-0.2, -0.15) is 0 Å². The second-order valence-electron chi connectivity index (χ2n) is 8.36. The quantitative estimate of drug-likeness (QED) is 0.375. The monoisotopic (exact) mass is 414 g/mol. The molecule has 0 saturated heterocycles. The molecule has 0 unspecified atom stereocenters. The van der Waals surface area contributed by atoms with Crippen LogP contribution in [0.5, 0.6) is 0 Å². The van der Waals surface area contributed by atoms with Crippen LogP contribution in [0.4, 0.5) is 0 Å². The Kier molecular flexibility index (Phi) is 7.29. The van der Waals surface area contributed by atoms with E-state index in [-0.39, 0.29) is 5.78 Å². The van der Waals surface area contributed by atoms with E-state index in [1.807, 2.05) is 27.7 Å². The Morgan fingerprint density at radius 1 is 1.10 bits per heavy atom. The van der Waals surface area contributed by atoms with Gasteiger partial charge in [0.25, 0.3) is 0 Å². The van der Waals surface area contributed by atoms with Gasteiger partial charge in [0.15, 0.2) is 11.9 Å². The summed E-state index contributed by atoms with van der Waals surface area (Å²) in [5.74, 6) is 0.678. The smallest absolute Gasteiger partial charge is 0.202 e. The van der Waals surface area contributed by atoms with Crippen molar-refractivity contribution in [1.29, 1.82) is 0 Å². The maximum absolute atomic E-state index is 11.9. The summed E-state index contributed by atoms with van der Waals surface area (Å²) >= 11 is 6.44. The molecule has 0 aromatic heterocycles. The molecule has 1 aromatic rings. The molecule has 0 aliphatic carbocycles. The normalized spacial score (nSPS) is 16.7. The first-order valence-corrected chi connectivity index (χ1v) is 10.4. The van der Waals surface area contributed by atoms with Crippen molar-refractivity contribution in [3.63, 3.8) is 0 Å². The van der Waals surface area contributed by atoms with Crippen LogP contribution in [-0.2, 0) is 16.0 Å². The Labute approximate surface area is 179 Å². The SMILES string of the molecule is C/C(=C\Cc1c(C)c(Cl)c(C)c(C=O)c1C)CC/C=C(\C)C1=CC(=O)C(C)(C)O1. The molecule has 1 aliphatic heterocycles. The van der Waals surface area contributed by atoms with Crippen molar-refractivity contribution in [1.82, 2.24) is 0 Å². The van der Waals surface area contributed by atoms with Gasteiger partial charge in [0.1, 0.15) is 5.76 Å². The van der Waals surface area contributed by atoms with Crippen molar-refractivity contribution in [3.8, 4) is 0 Å². The number of rotatable bonds is 7. The molecular weight excluding hydrogens is 384 g/mol. The van der Waals surface area contributed by atoms with Crippen LogP contribution in [0.1, 0.15) is 73.1 Å². The Morgan fingerprint density at radius 2 is 1.76 bits per heavy atom. The van der Waals surface area contributed by atoms with Crippen molar-refractivity contribution < 1.29 is 14.3 Å². The first-order chi connectivity index (χ1) is 13.5. The van der Waals surface area contributed by atoms with Crippen LogP contribution in [0, 0.1) is 20.8 Å². The molecule has 29 heavy (non-hydrogen) atoms.